The second kappa shape index (κ2) is 9.67. The van der Waals surface area contributed by atoms with Crippen LogP contribution in [0.2, 0.25) is 0 Å². The lowest BCUT2D eigenvalue weighted by Crippen LogP contribution is -2.54. The summed E-state index contributed by atoms with van der Waals surface area (Å²) in [6.07, 6.45) is 2.75. The Bertz CT molecular complexity index is 1680. The normalized spacial score (nSPS) is 19.0. The van der Waals surface area contributed by atoms with Gasteiger partial charge in [0.15, 0.2) is 5.12 Å². The molecule has 40 heavy (non-hydrogen) atoms. The maximum Gasteiger partial charge on any atom is 0.314 e. The topological polar surface area (TPSA) is 119 Å². The van der Waals surface area contributed by atoms with Crippen molar-refractivity contribution in [3.63, 3.8) is 0 Å². The molecule has 2 aliphatic rings. The first-order valence-electron chi connectivity index (χ1n) is 12.9. The first kappa shape index (κ1) is 25.9. The summed E-state index contributed by atoms with van der Waals surface area (Å²) in [6, 6.07) is 12.6. The number of aromatic nitrogens is 3. The molecule has 0 saturated carbocycles. The van der Waals surface area contributed by atoms with Crippen LogP contribution in [0.3, 0.4) is 0 Å². The fourth-order valence-electron chi connectivity index (χ4n) is 5.47. The van der Waals surface area contributed by atoms with Crippen LogP contribution >= 0.6 is 11.6 Å². The first-order chi connectivity index (χ1) is 19.1. The molecule has 1 fully saturated rings. The van der Waals surface area contributed by atoms with Crippen molar-refractivity contribution < 1.29 is 13.9 Å². The van der Waals surface area contributed by atoms with Gasteiger partial charge in [-0.3, -0.25) is 4.79 Å². The zero-order valence-electron chi connectivity index (χ0n) is 21.9. The largest absolute Gasteiger partial charge is 0.439 e. The molecule has 2 aromatic heterocycles. The fourth-order valence-corrected chi connectivity index (χ4v) is 5.79. The number of nitrogens with two attached hydrogens (primary N) is 1. The van der Waals surface area contributed by atoms with Crippen LogP contribution < -0.4 is 26.2 Å². The Morgan fingerprint density at radius 1 is 1.18 bits per heavy atom. The van der Waals surface area contributed by atoms with Crippen molar-refractivity contribution in [3.05, 3.63) is 71.0 Å². The van der Waals surface area contributed by atoms with Crippen LogP contribution in [0.1, 0.15) is 19.8 Å². The van der Waals surface area contributed by atoms with Crippen LogP contribution in [0.15, 0.2) is 59.7 Å². The molecule has 0 spiro atoms. The van der Waals surface area contributed by atoms with Gasteiger partial charge in [0.1, 0.15) is 17.9 Å². The summed E-state index contributed by atoms with van der Waals surface area (Å²) in [5.74, 6) is 0.289. The first-order valence-corrected chi connectivity index (χ1v) is 13.2. The third-order valence-electron chi connectivity index (χ3n) is 7.41. The second-order valence-corrected chi connectivity index (χ2v) is 10.9. The number of hydrogen-bond donors (Lipinski definition) is 2. The number of pyridine rings is 1. The molecule has 0 radical (unpaired) electrons. The highest BCUT2D eigenvalue weighted by Crippen LogP contribution is 2.52. The number of benzene rings is 2. The Balaban J connectivity index is 1.41. The Morgan fingerprint density at radius 3 is 2.58 bits per heavy atom. The molecule has 1 saturated heterocycles. The minimum Gasteiger partial charge on any atom is -0.439 e. The molecular weight excluding hydrogens is 537 g/mol. The van der Waals surface area contributed by atoms with E-state index in [1.54, 1.807) is 30.1 Å². The number of likely N-dealkylation sites (tertiary alicyclic amines) is 1. The number of nitrogens with zero attached hydrogens (tertiary/aromatic N) is 5. The van der Waals surface area contributed by atoms with Gasteiger partial charge >= 0.3 is 6.03 Å². The Morgan fingerprint density at radius 2 is 1.90 bits per heavy atom. The van der Waals surface area contributed by atoms with Gasteiger partial charge in [0.05, 0.1) is 28.7 Å². The molecule has 2 aliphatic heterocycles. The quantitative estimate of drug-likeness (QED) is 0.275. The smallest absolute Gasteiger partial charge is 0.314 e. The maximum atomic E-state index is 14.4. The summed E-state index contributed by atoms with van der Waals surface area (Å²) in [5, 5.41) is 3.23. The van der Waals surface area contributed by atoms with E-state index < -0.39 is 17.0 Å². The Hall–Kier alpha value is -4.38. The highest BCUT2D eigenvalue weighted by molar-refractivity contribution is 6.29. The number of fused-ring (bicyclic) bond motifs is 3. The lowest BCUT2D eigenvalue weighted by atomic mass is 10.00. The molecule has 2 aromatic carbocycles. The number of alkyl halides is 1. The minimum absolute atomic E-state index is 0.0113. The molecule has 10 nitrogen and oxygen atoms in total. The molecule has 12 heteroatoms. The van der Waals surface area contributed by atoms with E-state index in [-0.39, 0.29) is 17.5 Å². The predicted octanol–water partition coefficient (Wildman–Crippen LogP) is 4.61. The maximum absolute atomic E-state index is 14.4. The number of carbonyl (C=O) groups excluding carboxylic acids is 1. The molecule has 1 atom stereocenters. The number of amides is 2. The van der Waals surface area contributed by atoms with E-state index in [9.17, 15) is 14.0 Å². The predicted molar refractivity (Wildman–Crippen MR) is 151 cm³/mol. The molecule has 0 aliphatic carbocycles. The van der Waals surface area contributed by atoms with Crippen molar-refractivity contribution >= 4 is 39.9 Å². The van der Waals surface area contributed by atoms with Crippen LogP contribution in [-0.2, 0) is 7.05 Å². The summed E-state index contributed by atoms with van der Waals surface area (Å²) in [4.78, 5) is 36.3. The molecule has 4 aromatic rings. The van der Waals surface area contributed by atoms with E-state index in [1.807, 2.05) is 19.1 Å². The summed E-state index contributed by atoms with van der Waals surface area (Å²) in [5.41, 5.74) is 8.70. The number of rotatable bonds is 4. The van der Waals surface area contributed by atoms with Gasteiger partial charge in [0.2, 0.25) is 5.88 Å². The molecule has 6 rings (SSSR count). The van der Waals surface area contributed by atoms with E-state index in [1.165, 1.54) is 29.1 Å². The molecule has 3 N–H and O–H groups in total. The zero-order chi connectivity index (χ0) is 28.2. The van der Waals surface area contributed by atoms with Crippen LogP contribution in [0.5, 0.6) is 11.6 Å². The number of nitrogens with one attached hydrogen (secondary N) is 1. The van der Waals surface area contributed by atoms with E-state index in [4.69, 9.17) is 27.1 Å². The minimum atomic E-state index is -0.991. The van der Waals surface area contributed by atoms with Crippen LogP contribution in [0, 0.1) is 5.82 Å². The third kappa shape index (κ3) is 4.56. The average Bonchev–Trinajstić information content (AvgIpc) is 3.21. The van der Waals surface area contributed by atoms with Crippen LogP contribution in [0.25, 0.3) is 22.2 Å². The summed E-state index contributed by atoms with van der Waals surface area (Å²) in [7, 11) is 1.61. The van der Waals surface area contributed by atoms with E-state index >= 15 is 0 Å². The fraction of sp³-hybridized carbons (Fsp3) is 0.286. The second-order valence-electron chi connectivity index (χ2n) is 10.2. The molecule has 0 bridgehead atoms. The SMILES string of the molecule is Cn1cnc(Oc2ccc(-c3nc4cc(F)ccc4c4c3NC(C)(Cl)N4C3CCN(C(N)=O)CC3)cc2)cc1=O. The summed E-state index contributed by atoms with van der Waals surface area (Å²) >= 11 is 7.12. The van der Waals surface area contributed by atoms with Gasteiger partial charge in [-0.15, -0.1) is 0 Å². The van der Waals surface area contributed by atoms with E-state index in [0.29, 0.717) is 42.9 Å². The Labute approximate surface area is 234 Å². The molecule has 206 valence electrons. The van der Waals surface area contributed by atoms with Gasteiger partial charge in [-0.1, -0.05) is 11.6 Å². The standard InChI is InChI=1S/C28H27ClFN7O3/c1-28(29)34-25-24(16-3-6-19(7-4-16)40-22-14-23(38)35(2)15-32-22)33-21-13-17(30)5-8-20(21)26(25)37(28)18-9-11-36(12-10-18)27(31)39/h3-8,13-15,18,34H,9-12H2,1-2H3,(H2,31,39). The number of halogens is 2. The number of primary amides is 1. The van der Waals surface area contributed by atoms with Gasteiger partial charge in [-0.2, -0.15) is 0 Å². The van der Waals surface area contributed by atoms with Crippen molar-refractivity contribution in [1.82, 2.24) is 19.4 Å². The summed E-state index contributed by atoms with van der Waals surface area (Å²) in [6.45, 7) is 2.92. The lowest BCUT2D eigenvalue weighted by Gasteiger charge is -2.42. The monoisotopic (exact) mass is 563 g/mol. The number of hydrogen-bond acceptors (Lipinski definition) is 7. The van der Waals surface area contributed by atoms with Crippen molar-refractivity contribution in [1.29, 1.82) is 0 Å². The third-order valence-corrected chi connectivity index (χ3v) is 7.69. The van der Waals surface area contributed by atoms with Crippen LogP contribution in [-0.4, -0.2) is 49.7 Å². The number of carbonyl (C=O) groups is 1. The highest BCUT2D eigenvalue weighted by Gasteiger charge is 2.45. The van der Waals surface area contributed by atoms with Gasteiger partial charge in [-0.05, 0) is 56.2 Å². The molecule has 2 amide bonds. The molecular formula is C28H27ClFN7O3. The van der Waals surface area contributed by atoms with Gasteiger partial charge < -0.3 is 30.2 Å². The van der Waals surface area contributed by atoms with Gasteiger partial charge in [-0.25, -0.2) is 19.2 Å². The van der Waals surface area contributed by atoms with Crippen LogP contribution in [0.4, 0.5) is 20.6 Å². The average molecular weight is 564 g/mol. The van der Waals surface area contributed by atoms with Gasteiger partial charge in [0.25, 0.3) is 5.56 Å². The van der Waals surface area contributed by atoms with Crippen molar-refractivity contribution in [2.75, 3.05) is 23.3 Å². The zero-order valence-corrected chi connectivity index (χ0v) is 22.7. The summed E-state index contributed by atoms with van der Waals surface area (Å²) < 4.78 is 21.5. The number of urea groups is 1. The highest BCUT2D eigenvalue weighted by atomic mass is 35.5. The van der Waals surface area contributed by atoms with E-state index in [2.05, 4.69) is 15.2 Å². The number of ether oxygens (including phenoxy) is 1. The van der Waals surface area contributed by atoms with Crippen molar-refractivity contribution in [2.24, 2.45) is 12.8 Å². The molecule has 4 heterocycles. The molecule has 1 unspecified atom stereocenters. The van der Waals surface area contributed by atoms with E-state index in [0.717, 1.165) is 22.3 Å². The van der Waals surface area contributed by atoms with Crippen molar-refractivity contribution in [2.45, 2.75) is 30.9 Å². The number of aryl methyl sites for hydroxylation is 1. The van der Waals surface area contributed by atoms with Gasteiger partial charge in [0, 0.05) is 43.2 Å². The number of anilines is 2. The Kier molecular flexibility index (Phi) is 6.25. The number of piperidine rings is 1. The van der Waals surface area contributed by atoms with Crippen molar-refractivity contribution in [3.8, 4) is 22.9 Å². The lowest BCUT2D eigenvalue weighted by molar-refractivity contribution is 0.188.